The molecule has 0 bridgehead atoms. The minimum absolute atomic E-state index is 0.153. The molecule has 3 aromatic carbocycles. The van der Waals surface area contributed by atoms with Crippen LogP contribution in [0.2, 0.25) is 0 Å². The van der Waals surface area contributed by atoms with Crippen LogP contribution in [-0.2, 0) is 0 Å². The number of ether oxygens (including phenoxy) is 1. The summed E-state index contributed by atoms with van der Waals surface area (Å²) in [4.78, 5) is 12.9. The maximum atomic E-state index is 14.9. The second-order valence-corrected chi connectivity index (χ2v) is 9.84. The topological polar surface area (TPSA) is 26.3 Å². The van der Waals surface area contributed by atoms with Crippen molar-refractivity contribution in [2.45, 2.75) is 78.1 Å². The minimum atomic E-state index is -0.819. The maximum absolute atomic E-state index is 14.9. The SMILES string of the molecule is CCCCCC1CCC(c2cc(F)c(OC(=O)c3ccc(C)c4c(C)cccc34)c(F)c2)CC1. The van der Waals surface area contributed by atoms with Gasteiger partial charge in [-0.2, -0.15) is 0 Å². The Hall–Kier alpha value is -2.75. The first-order chi connectivity index (χ1) is 16.4. The van der Waals surface area contributed by atoms with E-state index in [1.165, 1.54) is 37.8 Å². The minimum Gasteiger partial charge on any atom is -0.417 e. The van der Waals surface area contributed by atoms with Crippen LogP contribution in [0.3, 0.4) is 0 Å². The van der Waals surface area contributed by atoms with E-state index in [1.54, 1.807) is 6.07 Å². The molecule has 1 saturated carbocycles. The summed E-state index contributed by atoms with van der Waals surface area (Å²) in [6, 6.07) is 11.9. The van der Waals surface area contributed by atoms with Crippen molar-refractivity contribution in [1.29, 1.82) is 0 Å². The molecule has 180 valence electrons. The van der Waals surface area contributed by atoms with Crippen LogP contribution >= 0.6 is 0 Å². The number of hydrogen-bond acceptors (Lipinski definition) is 2. The Morgan fingerprint density at radius 1 is 0.941 bits per heavy atom. The zero-order valence-corrected chi connectivity index (χ0v) is 20.4. The summed E-state index contributed by atoms with van der Waals surface area (Å²) in [6.45, 7) is 6.16. The van der Waals surface area contributed by atoms with Crippen molar-refractivity contribution in [2.75, 3.05) is 0 Å². The van der Waals surface area contributed by atoms with Gasteiger partial charge >= 0.3 is 5.97 Å². The summed E-state index contributed by atoms with van der Waals surface area (Å²) >= 11 is 0. The summed E-state index contributed by atoms with van der Waals surface area (Å²) in [6.07, 6.45) is 9.13. The molecule has 0 saturated heterocycles. The largest absolute Gasteiger partial charge is 0.417 e. The van der Waals surface area contributed by atoms with E-state index in [-0.39, 0.29) is 5.92 Å². The summed E-state index contributed by atoms with van der Waals surface area (Å²) in [5.41, 5.74) is 3.03. The molecular weight excluding hydrogens is 430 g/mol. The summed E-state index contributed by atoms with van der Waals surface area (Å²) in [7, 11) is 0. The van der Waals surface area contributed by atoms with Gasteiger partial charge in [-0.1, -0.05) is 56.9 Å². The highest BCUT2D eigenvalue weighted by atomic mass is 19.1. The lowest BCUT2D eigenvalue weighted by Gasteiger charge is -2.29. The molecule has 1 aliphatic carbocycles. The number of benzene rings is 3. The van der Waals surface area contributed by atoms with Gasteiger partial charge in [-0.25, -0.2) is 13.6 Å². The van der Waals surface area contributed by atoms with Gasteiger partial charge in [-0.15, -0.1) is 0 Å². The standard InChI is InChI=1S/C30H34F2O2/c1-4-5-6-9-21-12-14-22(15-13-21)23-17-26(31)29(27(32)18-23)34-30(33)25-16-11-20(3)28-19(2)8-7-10-24(25)28/h7-8,10-11,16-18,21-22H,4-6,9,12-15H2,1-3H3. The molecule has 0 spiro atoms. The number of esters is 1. The van der Waals surface area contributed by atoms with E-state index >= 15 is 0 Å². The van der Waals surface area contributed by atoms with Crippen LogP contribution in [0, 0.1) is 31.4 Å². The molecule has 0 atom stereocenters. The van der Waals surface area contributed by atoms with Crippen LogP contribution in [0.15, 0.2) is 42.5 Å². The van der Waals surface area contributed by atoms with Gasteiger partial charge in [0.05, 0.1) is 5.56 Å². The predicted molar refractivity (Wildman–Crippen MR) is 134 cm³/mol. The van der Waals surface area contributed by atoms with Gasteiger partial charge < -0.3 is 4.74 Å². The lowest BCUT2D eigenvalue weighted by Crippen LogP contribution is -2.15. The number of fused-ring (bicyclic) bond motifs is 1. The smallest absolute Gasteiger partial charge is 0.344 e. The van der Waals surface area contributed by atoms with Crippen LogP contribution in [-0.4, -0.2) is 5.97 Å². The summed E-state index contributed by atoms with van der Waals surface area (Å²) in [5, 5.41) is 1.68. The van der Waals surface area contributed by atoms with Gasteiger partial charge in [-0.3, -0.25) is 0 Å². The molecule has 34 heavy (non-hydrogen) atoms. The first-order valence-electron chi connectivity index (χ1n) is 12.6. The van der Waals surface area contributed by atoms with Crippen LogP contribution in [0.4, 0.5) is 8.78 Å². The van der Waals surface area contributed by atoms with Crippen molar-refractivity contribution < 1.29 is 18.3 Å². The molecule has 0 aliphatic heterocycles. The number of carbonyl (C=O) groups excluding carboxylic acids is 1. The van der Waals surface area contributed by atoms with E-state index in [4.69, 9.17) is 4.74 Å². The van der Waals surface area contributed by atoms with Crippen LogP contribution in [0.25, 0.3) is 10.8 Å². The van der Waals surface area contributed by atoms with Gasteiger partial charge in [0, 0.05) is 0 Å². The molecule has 4 heteroatoms. The normalized spacial score (nSPS) is 18.3. The second-order valence-electron chi connectivity index (χ2n) is 9.84. The third kappa shape index (κ3) is 5.16. The molecule has 4 rings (SSSR count). The highest BCUT2D eigenvalue weighted by Gasteiger charge is 2.26. The van der Waals surface area contributed by atoms with Crippen molar-refractivity contribution in [2.24, 2.45) is 5.92 Å². The Morgan fingerprint density at radius 3 is 2.29 bits per heavy atom. The first kappa shape index (κ1) is 24.4. The van der Waals surface area contributed by atoms with Crippen LogP contribution < -0.4 is 4.74 Å². The van der Waals surface area contributed by atoms with Crippen molar-refractivity contribution >= 4 is 16.7 Å². The molecule has 0 aromatic heterocycles. The van der Waals surface area contributed by atoms with Crippen LogP contribution in [0.1, 0.15) is 91.3 Å². The molecule has 0 unspecified atom stereocenters. The molecular formula is C30H34F2O2. The molecule has 1 fully saturated rings. The Kier molecular flexibility index (Phi) is 7.65. The van der Waals surface area contributed by atoms with Crippen molar-refractivity contribution in [1.82, 2.24) is 0 Å². The average Bonchev–Trinajstić information content (AvgIpc) is 2.82. The molecule has 0 radical (unpaired) electrons. The third-order valence-electron chi connectivity index (χ3n) is 7.43. The average molecular weight is 465 g/mol. The van der Waals surface area contributed by atoms with Gasteiger partial charge in [0.2, 0.25) is 5.75 Å². The number of carbonyl (C=O) groups is 1. The van der Waals surface area contributed by atoms with E-state index in [0.717, 1.165) is 53.5 Å². The Morgan fingerprint density at radius 2 is 1.62 bits per heavy atom. The zero-order valence-electron chi connectivity index (χ0n) is 20.4. The quantitative estimate of drug-likeness (QED) is 0.198. The molecule has 0 heterocycles. The van der Waals surface area contributed by atoms with E-state index in [2.05, 4.69) is 6.92 Å². The van der Waals surface area contributed by atoms with Gasteiger partial charge in [-0.05, 0) is 97.0 Å². The number of halogens is 2. The number of rotatable bonds is 7. The predicted octanol–water partition coefficient (Wildman–Crippen LogP) is 8.81. The number of aryl methyl sites for hydroxylation is 2. The zero-order chi connectivity index (χ0) is 24.2. The first-order valence-corrected chi connectivity index (χ1v) is 12.6. The van der Waals surface area contributed by atoms with Gasteiger partial charge in [0.1, 0.15) is 0 Å². The van der Waals surface area contributed by atoms with E-state index in [9.17, 15) is 13.6 Å². The molecule has 0 amide bonds. The van der Waals surface area contributed by atoms with E-state index in [0.29, 0.717) is 11.1 Å². The molecule has 0 N–H and O–H groups in total. The van der Waals surface area contributed by atoms with Gasteiger partial charge in [0.15, 0.2) is 11.6 Å². The third-order valence-corrected chi connectivity index (χ3v) is 7.43. The van der Waals surface area contributed by atoms with Crippen LogP contribution in [0.5, 0.6) is 5.75 Å². The lowest BCUT2D eigenvalue weighted by molar-refractivity contribution is 0.0722. The fraction of sp³-hybridized carbons (Fsp3) is 0.433. The van der Waals surface area contributed by atoms with Crippen molar-refractivity contribution in [3.05, 3.63) is 76.4 Å². The fourth-order valence-corrected chi connectivity index (χ4v) is 5.50. The van der Waals surface area contributed by atoms with E-state index < -0.39 is 23.4 Å². The number of unbranched alkanes of at least 4 members (excludes halogenated alkanes) is 2. The molecule has 3 aromatic rings. The highest BCUT2D eigenvalue weighted by molar-refractivity contribution is 6.07. The van der Waals surface area contributed by atoms with E-state index in [1.807, 2.05) is 38.1 Å². The lowest BCUT2D eigenvalue weighted by atomic mass is 9.77. The molecule has 1 aliphatic rings. The van der Waals surface area contributed by atoms with Crippen molar-refractivity contribution in [3.63, 3.8) is 0 Å². The maximum Gasteiger partial charge on any atom is 0.344 e. The Balaban J connectivity index is 1.50. The Labute approximate surface area is 201 Å². The molecule has 2 nitrogen and oxygen atoms in total. The monoisotopic (exact) mass is 464 g/mol. The number of hydrogen-bond donors (Lipinski definition) is 0. The Bertz CT molecular complexity index is 1140. The summed E-state index contributed by atoms with van der Waals surface area (Å²) < 4.78 is 35.2. The van der Waals surface area contributed by atoms with Crippen molar-refractivity contribution in [3.8, 4) is 5.75 Å². The fourth-order valence-electron chi connectivity index (χ4n) is 5.50. The summed E-state index contributed by atoms with van der Waals surface area (Å²) in [5.74, 6) is -2.13. The van der Waals surface area contributed by atoms with Gasteiger partial charge in [0.25, 0.3) is 0 Å². The second kappa shape index (κ2) is 10.7. The highest BCUT2D eigenvalue weighted by Crippen LogP contribution is 2.39.